The minimum atomic E-state index is -3.71. The van der Waals surface area contributed by atoms with E-state index >= 15 is 0 Å². The summed E-state index contributed by atoms with van der Waals surface area (Å²) >= 11 is 5.66. The molecule has 19 heavy (non-hydrogen) atoms. The number of ether oxygens (including phenoxy) is 1. The van der Waals surface area contributed by atoms with Crippen molar-refractivity contribution in [1.29, 1.82) is 0 Å². The molecule has 0 unspecified atom stereocenters. The standard InChI is InChI=1S/C11H10ClN3O3S/c1-18-11-3-2-8(7-14-11)15-19(16,17)9-4-5-13-10(12)6-9/h2-7,15H,1H3. The van der Waals surface area contributed by atoms with Crippen LogP contribution >= 0.6 is 11.6 Å². The number of halogens is 1. The fraction of sp³-hybridized carbons (Fsp3) is 0.0909. The summed E-state index contributed by atoms with van der Waals surface area (Å²) in [5.41, 5.74) is 0.328. The Morgan fingerprint density at radius 1 is 1.26 bits per heavy atom. The maximum Gasteiger partial charge on any atom is 0.262 e. The van der Waals surface area contributed by atoms with Gasteiger partial charge in [-0.3, -0.25) is 4.72 Å². The first-order chi connectivity index (χ1) is 9.01. The molecule has 0 spiro atoms. The van der Waals surface area contributed by atoms with Crippen LogP contribution < -0.4 is 9.46 Å². The molecular formula is C11H10ClN3O3S. The number of methoxy groups -OCH3 is 1. The van der Waals surface area contributed by atoms with E-state index in [1.54, 1.807) is 12.1 Å². The Labute approximate surface area is 115 Å². The molecule has 0 saturated heterocycles. The topological polar surface area (TPSA) is 81.2 Å². The Balaban J connectivity index is 2.25. The van der Waals surface area contributed by atoms with E-state index in [4.69, 9.17) is 16.3 Å². The summed E-state index contributed by atoms with van der Waals surface area (Å²) in [4.78, 5) is 7.66. The fourth-order valence-corrected chi connectivity index (χ4v) is 2.62. The zero-order chi connectivity index (χ0) is 13.9. The zero-order valence-electron chi connectivity index (χ0n) is 9.87. The largest absolute Gasteiger partial charge is 0.481 e. The van der Waals surface area contributed by atoms with Crippen molar-refractivity contribution in [3.8, 4) is 5.88 Å². The molecular weight excluding hydrogens is 290 g/mol. The molecule has 0 fully saturated rings. The van der Waals surface area contributed by atoms with Gasteiger partial charge in [-0.25, -0.2) is 18.4 Å². The van der Waals surface area contributed by atoms with Crippen LogP contribution in [0.5, 0.6) is 5.88 Å². The predicted molar refractivity (Wildman–Crippen MR) is 70.8 cm³/mol. The quantitative estimate of drug-likeness (QED) is 0.873. The molecule has 0 saturated carbocycles. The smallest absolute Gasteiger partial charge is 0.262 e. The minimum absolute atomic E-state index is 0.0309. The van der Waals surface area contributed by atoms with Crippen molar-refractivity contribution in [3.63, 3.8) is 0 Å². The molecule has 0 bridgehead atoms. The highest BCUT2D eigenvalue weighted by molar-refractivity contribution is 7.92. The number of nitrogens with zero attached hydrogens (tertiary/aromatic N) is 2. The van der Waals surface area contributed by atoms with Gasteiger partial charge in [0.25, 0.3) is 10.0 Å². The normalized spacial score (nSPS) is 11.1. The van der Waals surface area contributed by atoms with Gasteiger partial charge in [-0.15, -0.1) is 0 Å². The first-order valence-corrected chi connectivity index (χ1v) is 7.02. The van der Waals surface area contributed by atoms with Crippen molar-refractivity contribution in [2.45, 2.75) is 4.90 Å². The Morgan fingerprint density at radius 3 is 2.63 bits per heavy atom. The molecule has 2 heterocycles. The second-order valence-corrected chi connectivity index (χ2v) is 5.58. The predicted octanol–water partition coefficient (Wildman–Crippen LogP) is 1.94. The molecule has 2 aromatic rings. The number of hydrogen-bond donors (Lipinski definition) is 1. The van der Waals surface area contributed by atoms with Crippen LogP contribution in [0, 0.1) is 0 Å². The first-order valence-electron chi connectivity index (χ1n) is 5.16. The van der Waals surface area contributed by atoms with Crippen LogP contribution in [0.4, 0.5) is 5.69 Å². The maximum absolute atomic E-state index is 12.1. The van der Waals surface area contributed by atoms with Gasteiger partial charge in [-0.1, -0.05) is 11.6 Å². The third kappa shape index (κ3) is 3.33. The molecule has 1 N–H and O–H groups in total. The molecule has 0 aliphatic carbocycles. The molecule has 100 valence electrons. The van der Waals surface area contributed by atoms with E-state index in [1.807, 2.05) is 0 Å². The van der Waals surface area contributed by atoms with Crippen LogP contribution in [0.3, 0.4) is 0 Å². The number of nitrogens with one attached hydrogen (secondary N) is 1. The molecule has 0 aliphatic heterocycles. The van der Waals surface area contributed by atoms with Crippen molar-refractivity contribution in [2.75, 3.05) is 11.8 Å². The lowest BCUT2D eigenvalue weighted by Crippen LogP contribution is -2.13. The third-order valence-electron chi connectivity index (χ3n) is 2.21. The van der Waals surface area contributed by atoms with Gasteiger partial charge in [-0.05, 0) is 18.2 Å². The summed E-state index contributed by atoms with van der Waals surface area (Å²) in [5, 5.41) is 0.107. The third-order valence-corrected chi connectivity index (χ3v) is 3.79. The SMILES string of the molecule is COc1ccc(NS(=O)(=O)c2ccnc(Cl)c2)cn1. The van der Waals surface area contributed by atoms with Gasteiger partial charge in [-0.2, -0.15) is 0 Å². The van der Waals surface area contributed by atoms with Gasteiger partial charge < -0.3 is 4.74 Å². The molecule has 0 aliphatic rings. The summed E-state index contributed by atoms with van der Waals surface area (Å²) in [5.74, 6) is 0.398. The molecule has 2 rings (SSSR count). The highest BCUT2D eigenvalue weighted by atomic mass is 35.5. The number of anilines is 1. The summed E-state index contributed by atoms with van der Waals surface area (Å²) in [7, 11) is -2.23. The second-order valence-electron chi connectivity index (χ2n) is 3.51. The first kappa shape index (κ1) is 13.6. The van der Waals surface area contributed by atoms with Gasteiger partial charge in [0.05, 0.1) is 23.9 Å². The monoisotopic (exact) mass is 299 g/mol. The molecule has 2 aromatic heterocycles. The Morgan fingerprint density at radius 2 is 2.05 bits per heavy atom. The Kier molecular flexibility index (Phi) is 3.87. The van der Waals surface area contributed by atoms with Crippen molar-refractivity contribution < 1.29 is 13.2 Å². The highest BCUT2D eigenvalue weighted by Crippen LogP contribution is 2.18. The van der Waals surface area contributed by atoms with E-state index in [2.05, 4.69) is 14.7 Å². The van der Waals surface area contributed by atoms with Gasteiger partial charge in [0, 0.05) is 12.3 Å². The summed E-state index contributed by atoms with van der Waals surface area (Å²) in [6, 6.07) is 5.72. The highest BCUT2D eigenvalue weighted by Gasteiger charge is 2.15. The van der Waals surface area contributed by atoms with Crippen LogP contribution in [0.15, 0.2) is 41.6 Å². The average Bonchev–Trinajstić information content (AvgIpc) is 2.39. The second kappa shape index (κ2) is 5.41. The molecule has 0 aromatic carbocycles. The van der Waals surface area contributed by atoms with Crippen molar-refractivity contribution >= 4 is 27.3 Å². The lowest BCUT2D eigenvalue weighted by molar-refractivity contribution is 0.398. The van der Waals surface area contributed by atoms with E-state index in [9.17, 15) is 8.42 Å². The van der Waals surface area contributed by atoms with E-state index in [0.717, 1.165) is 0 Å². The van der Waals surface area contributed by atoms with Gasteiger partial charge in [0.1, 0.15) is 5.15 Å². The number of aromatic nitrogens is 2. The van der Waals surface area contributed by atoms with Crippen LogP contribution in [0.1, 0.15) is 0 Å². The maximum atomic E-state index is 12.1. The van der Waals surface area contributed by atoms with E-state index in [-0.39, 0.29) is 10.0 Å². The van der Waals surface area contributed by atoms with Crippen LogP contribution in [-0.2, 0) is 10.0 Å². The number of sulfonamides is 1. The molecule has 6 nitrogen and oxygen atoms in total. The Bertz CT molecular complexity index is 674. The van der Waals surface area contributed by atoms with Crippen molar-refractivity contribution in [1.82, 2.24) is 9.97 Å². The van der Waals surface area contributed by atoms with Crippen LogP contribution in [0.25, 0.3) is 0 Å². The summed E-state index contributed by atoms with van der Waals surface area (Å²) < 4.78 is 31.4. The molecule has 0 amide bonds. The molecule has 0 atom stereocenters. The lowest BCUT2D eigenvalue weighted by Gasteiger charge is -2.08. The van der Waals surface area contributed by atoms with Crippen molar-refractivity contribution in [3.05, 3.63) is 41.8 Å². The van der Waals surface area contributed by atoms with Crippen LogP contribution in [-0.4, -0.2) is 25.5 Å². The number of hydrogen-bond acceptors (Lipinski definition) is 5. The van der Waals surface area contributed by atoms with Crippen LogP contribution in [0.2, 0.25) is 5.15 Å². The lowest BCUT2D eigenvalue weighted by atomic mass is 10.4. The van der Waals surface area contributed by atoms with E-state index in [1.165, 1.54) is 31.6 Å². The summed E-state index contributed by atoms with van der Waals surface area (Å²) in [6.45, 7) is 0. The minimum Gasteiger partial charge on any atom is -0.481 e. The molecule has 8 heteroatoms. The fourth-order valence-electron chi connectivity index (χ4n) is 1.33. The average molecular weight is 300 g/mol. The summed E-state index contributed by atoms with van der Waals surface area (Å²) in [6.07, 6.45) is 2.68. The van der Waals surface area contributed by atoms with E-state index in [0.29, 0.717) is 11.6 Å². The Hall–Kier alpha value is -1.86. The van der Waals surface area contributed by atoms with Gasteiger partial charge >= 0.3 is 0 Å². The van der Waals surface area contributed by atoms with E-state index < -0.39 is 10.0 Å². The number of rotatable bonds is 4. The van der Waals surface area contributed by atoms with Crippen molar-refractivity contribution in [2.24, 2.45) is 0 Å². The zero-order valence-corrected chi connectivity index (χ0v) is 11.4. The van der Waals surface area contributed by atoms with Gasteiger partial charge in [0.15, 0.2) is 0 Å². The number of pyridine rings is 2. The molecule has 0 radical (unpaired) electrons. The van der Waals surface area contributed by atoms with Gasteiger partial charge in [0.2, 0.25) is 5.88 Å².